The van der Waals surface area contributed by atoms with Crippen LogP contribution in [-0.4, -0.2) is 64.5 Å². The van der Waals surface area contributed by atoms with Crippen molar-refractivity contribution >= 4 is 17.9 Å². The molecule has 7 heteroatoms. The van der Waals surface area contributed by atoms with Crippen LogP contribution in [0.4, 0.5) is 4.79 Å². The number of hydrogen-bond donors (Lipinski definition) is 2. The first-order valence-corrected chi connectivity index (χ1v) is 6.97. The van der Waals surface area contributed by atoms with Gasteiger partial charge in [0.05, 0.1) is 0 Å². The third kappa shape index (κ3) is 2.86. The van der Waals surface area contributed by atoms with E-state index in [0.717, 1.165) is 12.8 Å². The maximum Gasteiger partial charge on any atom is 0.328 e. The standard InChI is InChI=1S/C13H21N3O4/c1-8-3-4-9(2)15(6-8)13(20)16-7-11(17)14-5-10(16)12(18)19/h8-10H,3-7H2,1-2H3,(H,14,17)(H,18,19). The van der Waals surface area contributed by atoms with E-state index in [9.17, 15) is 19.5 Å². The second-order valence-electron chi connectivity index (χ2n) is 5.75. The Morgan fingerprint density at radius 2 is 1.95 bits per heavy atom. The number of nitrogens with one attached hydrogen (secondary N) is 1. The first-order chi connectivity index (χ1) is 9.40. The SMILES string of the molecule is CC1CCC(C)N(C(=O)N2CC(=O)NCC2C(=O)O)C1. The van der Waals surface area contributed by atoms with Crippen molar-refractivity contribution in [3.8, 4) is 0 Å². The molecular formula is C13H21N3O4. The number of carbonyl (C=O) groups is 3. The fourth-order valence-electron chi connectivity index (χ4n) is 2.78. The summed E-state index contributed by atoms with van der Waals surface area (Å²) in [4.78, 5) is 38.2. The van der Waals surface area contributed by atoms with Crippen molar-refractivity contribution in [3.05, 3.63) is 0 Å². The molecule has 0 aromatic rings. The summed E-state index contributed by atoms with van der Waals surface area (Å²) in [7, 11) is 0. The van der Waals surface area contributed by atoms with Gasteiger partial charge < -0.3 is 15.3 Å². The molecule has 2 saturated heterocycles. The lowest BCUT2D eigenvalue weighted by molar-refractivity contribution is -0.144. The van der Waals surface area contributed by atoms with E-state index in [-0.39, 0.29) is 31.1 Å². The van der Waals surface area contributed by atoms with Crippen molar-refractivity contribution in [1.82, 2.24) is 15.1 Å². The van der Waals surface area contributed by atoms with Crippen LogP contribution in [0.5, 0.6) is 0 Å². The Morgan fingerprint density at radius 3 is 2.60 bits per heavy atom. The molecule has 3 atom stereocenters. The zero-order valence-electron chi connectivity index (χ0n) is 11.8. The number of piperazine rings is 1. The number of piperidine rings is 1. The fraction of sp³-hybridized carbons (Fsp3) is 0.769. The molecule has 7 nitrogen and oxygen atoms in total. The number of likely N-dealkylation sites (tertiary alicyclic amines) is 1. The Morgan fingerprint density at radius 1 is 1.25 bits per heavy atom. The number of carboxylic acids is 1. The Hall–Kier alpha value is -1.79. The molecule has 2 N–H and O–H groups in total. The lowest BCUT2D eigenvalue weighted by atomic mass is 9.95. The van der Waals surface area contributed by atoms with Crippen LogP contribution >= 0.6 is 0 Å². The normalized spacial score (nSPS) is 30.9. The van der Waals surface area contributed by atoms with Crippen molar-refractivity contribution < 1.29 is 19.5 Å². The topological polar surface area (TPSA) is 90.0 Å². The van der Waals surface area contributed by atoms with E-state index in [4.69, 9.17) is 0 Å². The first kappa shape index (κ1) is 14.6. The lowest BCUT2D eigenvalue weighted by Gasteiger charge is -2.42. The number of rotatable bonds is 1. The van der Waals surface area contributed by atoms with Crippen LogP contribution in [0.25, 0.3) is 0 Å². The van der Waals surface area contributed by atoms with Crippen LogP contribution in [0.15, 0.2) is 0 Å². The minimum absolute atomic E-state index is 0.0301. The molecule has 2 rings (SSSR count). The van der Waals surface area contributed by atoms with E-state index in [1.807, 2.05) is 6.92 Å². The summed E-state index contributed by atoms with van der Waals surface area (Å²) >= 11 is 0. The second-order valence-corrected chi connectivity index (χ2v) is 5.75. The number of carbonyl (C=O) groups excluding carboxylic acids is 2. The van der Waals surface area contributed by atoms with Crippen LogP contribution in [-0.2, 0) is 9.59 Å². The Kier molecular flexibility index (Phi) is 4.15. The fourth-order valence-corrected chi connectivity index (χ4v) is 2.78. The molecular weight excluding hydrogens is 262 g/mol. The van der Waals surface area contributed by atoms with Crippen molar-refractivity contribution in [2.45, 2.75) is 38.8 Å². The number of urea groups is 1. The first-order valence-electron chi connectivity index (χ1n) is 6.97. The number of nitrogens with zero attached hydrogens (tertiary/aromatic N) is 2. The second kappa shape index (κ2) is 5.68. The highest BCUT2D eigenvalue weighted by atomic mass is 16.4. The number of amides is 3. The molecule has 0 aromatic carbocycles. The van der Waals surface area contributed by atoms with Crippen molar-refractivity contribution in [1.29, 1.82) is 0 Å². The van der Waals surface area contributed by atoms with Gasteiger partial charge in [-0.15, -0.1) is 0 Å². The Labute approximate surface area is 117 Å². The molecule has 2 fully saturated rings. The molecule has 0 bridgehead atoms. The number of aliphatic carboxylic acids is 1. The highest BCUT2D eigenvalue weighted by molar-refractivity contribution is 5.90. The lowest BCUT2D eigenvalue weighted by Crippen LogP contribution is -2.63. The molecule has 0 saturated carbocycles. The van der Waals surface area contributed by atoms with Crippen LogP contribution in [0.2, 0.25) is 0 Å². The van der Waals surface area contributed by atoms with Gasteiger partial charge in [0, 0.05) is 19.1 Å². The zero-order chi connectivity index (χ0) is 14.9. The van der Waals surface area contributed by atoms with Gasteiger partial charge in [0.1, 0.15) is 12.6 Å². The maximum absolute atomic E-state index is 12.6. The van der Waals surface area contributed by atoms with Crippen molar-refractivity contribution in [3.63, 3.8) is 0 Å². The minimum Gasteiger partial charge on any atom is -0.480 e. The van der Waals surface area contributed by atoms with Gasteiger partial charge >= 0.3 is 12.0 Å². The van der Waals surface area contributed by atoms with Crippen molar-refractivity contribution in [2.75, 3.05) is 19.6 Å². The quantitative estimate of drug-likeness (QED) is 0.715. The van der Waals surface area contributed by atoms with E-state index >= 15 is 0 Å². The molecule has 3 amide bonds. The van der Waals surface area contributed by atoms with Crippen molar-refractivity contribution in [2.24, 2.45) is 5.92 Å². The number of hydrogen-bond acceptors (Lipinski definition) is 3. The molecule has 2 heterocycles. The van der Waals surface area contributed by atoms with E-state index in [1.54, 1.807) is 4.90 Å². The van der Waals surface area contributed by atoms with Gasteiger partial charge in [0.15, 0.2) is 0 Å². The molecule has 3 unspecified atom stereocenters. The summed E-state index contributed by atoms with van der Waals surface area (Å²) in [6.45, 7) is 4.43. The average molecular weight is 283 g/mol. The van der Waals surface area contributed by atoms with Gasteiger partial charge in [0.25, 0.3) is 0 Å². The summed E-state index contributed by atoms with van der Waals surface area (Å²) in [6.07, 6.45) is 1.97. The smallest absolute Gasteiger partial charge is 0.328 e. The van der Waals surface area contributed by atoms with Gasteiger partial charge in [-0.25, -0.2) is 9.59 Å². The minimum atomic E-state index is -1.09. The third-order valence-electron chi connectivity index (χ3n) is 4.08. The Balaban J connectivity index is 2.15. The number of carboxylic acid groups (broad SMARTS) is 1. The van der Waals surface area contributed by atoms with Crippen LogP contribution in [0.3, 0.4) is 0 Å². The molecule has 2 aliphatic heterocycles. The van der Waals surface area contributed by atoms with Gasteiger partial charge in [-0.05, 0) is 25.7 Å². The summed E-state index contributed by atoms with van der Waals surface area (Å²) in [6, 6.07) is -1.24. The summed E-state index contributed by atoms with van der Waals surface area (Å²) < 4.78 is 0. The highest BCUT2D eigenvalue weighted by Crippen LogP contribution is 2.23. The molecule has 0 spiro atoms. The van der Waals surface area contributed by atoms with Gasteiger partial charge in [-0.1, -0.05) is 6.92 Å². The molecule has 2 aliphatic rings. The van der Waals surface area contributed by atoms with Gasteiger partial charge in [0.2, 0.25) is 5.91 Å². The molecule has 0 radical (unpaired) electrons. The summed E-state index contributed by atoms with van der Waals surface area (Å²) in [5.41, 5.74) is 0. The molecule has 20 heavy (non-hydrogen) atoms. The average Bonchev–Trinajstić information content (AvgIpc) is 2.40. The van der Waals surface area contributed by atoms with E-state index in [1.165, 1.54) is 4.90 Å². The van der Waals surface area contributed by atoms with E-state index in [2.05, 4.69) is 12.2 Å². The van der Waals surface area contributed by atoms with Crippen LogP contribution in [0, 0.1) is 5.92 Å². The van der Waals surface area contributed by atoms with Crippen LogP contribution in [0.1, 0.15) is 26.7 Å². The zero-order valence-corrected chi connectivity index (χ0v) is 11.8. The third-order valence-corrected chi connectivity index (χ3v) is 4.08. The highest BCUT2D eigenvalue weighted by Gasteiger charge is 2.39. The Bertz CT molecular complexity index is 426. The molecule has 112 valence electrons. The summed E-state index contributed by atoms with van der Waals surface area (Å²) in [5.74, 6) is -0.998. The van der Waals surface area contributed by atoms with Crippen LogP contribution < -0.4 is 5.32 Å². The summed E-state index contributed by atoms with van der Waals surface area (Å²) in [5, 5.41) is 11.7. The predicted molar refractivity (Wildman–Crippen MR) is 71.1 cm³/mol. The predicted octanol–water partition coefficient (Wildman–Crippen LogP) is 0.112. The maximum atomic E-state index is 12.6. The van der Waals surface area contributed by atoms with Gasteiger partial charge in [-0.2, -0.15) is 0 Å². The van der Waals surface area contributed by atoms with Gasteiger partial charge in [-0.3, -0.25) is 9.69 Å². The molecule has 0 aliphatic carbocycles. The van der Waals surface area contributed by atoms with E-state index in [0.29, 0.717) is 12.5 Å². The largest absolute Gasteiger partial charge is 0.480 e. The monoisotopic (exact) mass is 283 g/mol. The van der Waals surface area contributed by atoms with E-state index < -0.39 is 12.0 Å². The molecule has 0 aromatic heterocycles.